The van der Waals surface area contributed by atoms with Crippen molar-refractivity contribution in [1.29, 1.82) is 0 Å². The van der Waals surface area contributed by atoms with E-state index in [0.29, 0.717) is 23.9 Å². The van der Waals surface area contributed by atoms with Gasteiger partial charge in [-0.3, -0.25) is 9.59 Å². The fourth-order valence-electron chi connectivity index (χ4n) is 8.07. The Morgan fingerprint density at radius 2 is 0.781 bits per heavy atom. The van der Waals surface area contributed by atoms with Gasteiger partial charge in [0.15, 0.2) is 6.10 Å². The van der Waals surface area contributed by atoms with E-state index in [1.807, 2.05) is 21.1 Å². The number of carboxylic acids is 1. The second-order valence-corrected chi connectivity index (χ2v) is 20.9. The maximum atomic E-state index is 12.9. The minimum Gasteiger partial charge on any atom is -0.477 e. The summed E-state index contributed by atoms with van der Waals surface area (Å²) in [7, 11) is 5.95. The summed E-state index contributed by atoms with van der Waals surface area (Å²) < 4.78 is 22.8. The van der Waals surface area contributed by atoms with Crippen molar-refractivity contribution in [2.24, 2.45) is 0 Å². The molecule has 0 aliphatic rings. The lowest BCUT2D eigenvalue weighted by Crippen LogP contribution is -2.40. The van der Waals surface area contributed by atoms with E-state index >= 15 is 0 Å². The zero-order valence-corrected chi connectivity index (χ0v) is 47.8. The fraction of sp³-hybridized carbons (Fsp3) is 0.734. The number of hydrogen-bond acceptors (Lipinski definition) is 7. The molecule has 0 aromatic heterocycles. The molecule has 0 radical (unpaired) electrons. The number of unbranched alkanes of at least 4 members (excludes halogenated alkanes) is 25. The molecule has 0 heterocycles. The Kier molecular flexibility index (Phi) is 52.1. The van der Waals surface area contributed by atoms with Crippen LogP contribution in [-0.4, -0.2) is 87.4 Å². The summed E-state index contributed by atoms with van der Waals surface area (Å²) in [5.41, 5.74) is 0. The minimum absolute atomic E-state index is 0.178. The monoisotopic (exact) mass is 1020 g/mol. The number of carbonyl (C=O) groups is 3. The molecule has 420 valence electrons. The number of esters is 2. The van der Waals surface area contributed by atoms with Gasteiger partial charge in [0.2, 0.25) is 0 Å². The molecule has 0 amide bonds. The molecule has 0 fully saturated rings. The van der Waals surface area contributed by atoms with Gasteiger partial charge < -0.3 is 28.5 Å². The first-order chi connectivity index (χ1) is 35.6. The molecule has 73 heavy (non-hydrogen) atoms. The molecule has 1 N–H and O–H groups in total. The zero-order valence-electron chi connectivity index (χ0n) is 47.8. The third-order valence-corrected chi connectivity index (χ3v) is 12.6. The highest BCUT2D eigenvalue weighted by Crippen LogP contribution is 2.16. The number of aliphatic carboxylic acids is 1. The van der Waals surface area contributed by atoms with Crippen LogP contribution in [0.15, 0.2) is 85.1 Å². The number of rotatable bonds is 54. The maximum absolute atomic E-state index is 12.9. The summed E-state index contributed by atoms with van der Waals surface area (Å²) in [5, 5.41) is 9.70. The Labute approximate surface area is 449 Å². The van der Waals surface area contributed by atoms with Crippen molar-refractivity contribution >= 4 is 17.9 Å². The lowest BCUT2D eigenvalue weighted by molar-refractivity contribution is -0.870. The topological polar surface area (TPSA) is 108 Å². The van der Waals surface area contributed by atoms with Crippen LogP contribution in [0.25, 0.3) is 0 Å². The smallest absolute Gasteiger partial charge is 0.361 e. The van der Waals surface area contributed by atoms with E-state index in [-0.39, 0.29) is 32.2 Å². The van der Waals surface area contributed by atoms with Crippen LogP contribution in [0.4, 0.5) is 0 Å². The van der Waals surface area contributed by atoms with Gasteiger partial charge in [-0.05, 0) is 89.9 Å². The molecule has 0 bridgehead atoms. The van der Waals surface area contributed by atoms with Crippen LogP contribution in [0.1, 0.15) is 245 Å². The molecule has 0 aliphatic heterocycles. The standard InChI is InChI=1S/C64H111NO8/c1-6-8-10-12-14-16-18-20-22-24-26-27-28-29-30-31-32-33-34-35-37-38-40-42-44-46-48-50-52-54-61(66)71-58-60(59-72-64(63(68)69)70-57-56-65(3,4)5)73-62(67)55-53-51-49-47-45-43-41-39-36-25-23-21-19-17-15-13-11-9-7-2/h9,11,15,17-18,20-21,23-24,26,36,39,43,45,60,64H,6-8,10,12-14,16,19,22,25,27-35,37-38,40-42,44,46-59H2,1-5H3/p+1/b11-9-,17-15-,20-18-,23-21-,26-24-,39-36-,45-43-. The van der Waals surface area contributed by atoms with Gasteiger partial charge in [0.25, 0.3) is 6.29 Å². The molecule has 0 rings (SSSR count). The van der Waals surface area contributed by atoms with Gasteiger partial charge in [0.1, 0.15) is 13.2 Å². The highest BCUT2D eigenvalue weighted by Gasteiger charge is 2.25. The second-order valence-electron chi connectivity index (χ2n) is 20.9. The molecule has 0 spiro atoms. The van der Waals surface area contributed by atoms with E-state index in [0.717, 1.165) is 77.0 Å². The van der Waals surface area contributed by atoms with Crippen LogP contribution in [0.5, 0.6) is 0 Å². The lowest BCUT2D eigenvalue weighted by Gasteiger charge is -2.25. The van der Waals surface area contributed by atoms with Crippen LogP contribution < -0.4 is 0 Å². The molecule has 0 aliphatic carbocycles. The average Bonchev–Trinajstić information content (AvgIpc) is 3.36. The van der Waals surface area contributed by atoms with Gasteiger partial charge in [-0.1, -0.05) is 227 Å². The first-order valence-electron chi connectivity index (χ1n) is 29.8. The molecule has 2 atom stereocenters. The van der Waals surface area contributed by atoms with Gasteiger partial charge in [-0.15, -0.1) is 0 Å². The zero-order chi connectivity index (χ0) is 53.4. The number of carboxylic acid groups (broad SMARTS) is 1. The molecular formula is C64H112NO8+. The predicted molar refractivity (Wildman–Crippen MR) is 309 cm³/mol. The number of carbonyl (C=O) groups excluding carboxylic acids is 2. The van der Waals surface area contributed by atoms with Crippen molar-refractivity contribution in [3.05, 3.63) is 85.1 Å². The normalized spacial score (nSPS) is 13.4. The van der Waals surface area contributed by atoms with Gasteiger partial charge in [0.05, 0.1) is 34.4 Å². The molecule has 0 saturated carbocycles. The lowest BCUT2D eigenvalue weighted by atomic mass is 10.0. The molecule has 0 aromatic rings. The summed E-state index contributed by atoms with van der Waals surface area (Å²) in [4.78, 5) is 37.4. The Morgan fingerprint density at radius 3 is 1.18 bits per heavy atom. The molecule has 2 unspecified atom stereocenters. The van der Waals surface area contributed by atoms with Crippen LogP contribution >= 0.6 is 0 Å². The predicted octanol–water partition coefficient (Wildman–Crippen LogP) is 17.6. The van der Waals surface area contributed by atoms with Gasteiger partial charge >= 0.3 is 17.9 Å². The summed E-state index contributed by atoms with van der Waals surface area (Å²) in [6.45, 7) is 4.72. The summed E-state index contributed by atoms with van der Waals surface area (Å²) >= 11 is 0. The van der Waals surface area contributed by atoms with Crippen LogP contribution in [0.3, 0.4) is 0 Å². The summed E-state index contributed by atoms with van der Waals surface area (Å²) in [6.07, 6.45) is 69.6. The number of hydrogen-bond donors (Lipinski definition) is 1. The van der Waals surface area contributed by atoms with Gasteiger partial charge in [0, 0.05) is 12.8 Å². The van der Waals surface area contributed by atoms with Gasteiger partial charge in [-0.25, -0.2) is 4.79 Å². The fourth-order valence-corrected chi connectivity index (χ4v) is 8.07. The van der Waals surface area contributed by atoms with Crippen molar-refractivity contribution in [3.8, 4) is 0 Å². The molecular weight excluding hydrogens is 911 g/mol. The highest BCUT2D eigenvalue weighted by atomic mass is 16.7. The van der Waals surface area contributed by atoms with Crippen LogP contribution in [0, 0.1) is 0 Å². The van der Waals surface area contributed by atoms with Crippen molar-refractivity contribution in [2.45, 2.75) is 257 Å². The summed E-state index contributed by atoms with van der Waals surface area (Å²) in [5.74, 6) is -2.05. The van der Waals surface area contributed by atoms with Crippen molar-refractivity contribution < 1.29 is 42.9 Å². The van der Waals surface area contributed by atoms with Crippen molar-refractivity contribution in [1.82, 2.24) is 0 Å². The van der Waals surface area contributed by atoms with E-state index in [2.05, 4.69) is 98.9 Å². The number of quaternary nitrogens is 1. The molecule has 0 aromatic carbocycles. The van der Waals surface area contributed by atoms with E-state index < -0.39 is 24.3 Å². The molecule has 9 heteroatoms. The third kappa shape index (κ3) is 56.0. The SMILES string of the molecule is CC/C=C\C/C=C\C/C=C\C/C=C\C/C=C\CCCCCC(=O)OC(COC(=O)CCCCCCCCCCCCCCCCCCC/C=C\C/C=C\CCCCCCC)COC(OCC[N+](C)(C)C)C(=O)O. The first-order valence-corrected chi connectivity index (χ1v) is 29.8. The Morgan fingerprint density at radius 1 is 0.425 bits per heavy atom. The van der Waals surface area contributed by atoms with E-state index in [4.69, 9.17) is 18.9 Å². The van der Waals surface area contributed by atoms with E-state index in [1.54, 1.807) is 0 Å². The van der Waals surface area contributed by atoms with Crippen LogP contribution in [0.2, 0.25) is 0 Å². The number of likely N-dealkylation sites (N-methyl/N-ethyl adjacent to an activating group) is 1. The molecule has 9 nitrogen and oxygen atoms in total. The Balaban J connectivity index is 4.22. The Hall–Kier alpha value is -3.53. The quantitative estimate of drug-likeness (QED) is 0.0211. The molecule has 0 saturated heterocycles. The summed E-state index contributed by atoms with van der Waals surface area (Å²) in [6, 6.07) is 0. The van der Waals surface area contributed by atoms with Gasteiger partial charge in [-0.2, -0.15) is 0 Å². The highest BCUT2D eigenvalue weighted by molar-refractivity contribution is 5.71. The van der Waals surface area contributed by atoms with E-state index in [9.17, 15) is 19.5 Å². The number of allylic oxidation sites excluding steroid dienone is 14. The first kappa shape index (κ1) is 69.5. The van der Waals surface area contributed by atoms with Crippen LogP contribution in [-0.2, 0) is 33.3 Å². The van der Waals surface area contributed by atoms with E-state index in [1.165, 1.54) is 135 Å². The number of nitrogens with zero attached hydrogens (tertiary/aromatic N) is 1. The third-order valence-electron chi connectivity index (χ3n) is 12.6. The maximum Gasteiger partial charge on any atom is 0.361 e. The van der Waals surface area contributed by atoms with Crippen molar-refractivity contribution in [2.75, 3.05) is 47.5 Å². The minimum atomic E-state index is -1.52. The Bertz CT molecular complexity index is 1470. The average molecular weight is 1020 g/mol. The number of ether oxygens (including phenoxy) is 4. The van der Waals surface area contributed by atoms with Crippen molar-refractivity contribution in [3.63, 3.8) is 0 Å². The second kappa shape index (κ2) is 54.7. The largest absolute Gasteiger partial charge is 0.477 e.